The highest BCUT2D eigenvalue weighted by molar-refractivity contribution is 7.22. The normalized spacial score (nSPS) is 11.1. The summed E-state index contributed by atoms with van der Waals surface area (Å²) in [4.78, 5) is 4.60. The molecule has 0 aliphatic heterocycles. The molecule has 1 aromatic heterocycles. The molecule has 0 fully saturated rings. The predicted molar refractivity (Wildman–Crippen MR) is 78.7 cm³/mol. The van der Waals surface area contributed by atoms with E-state index in [0.29, 0.717) is 19.8 Å². The van der Waals surface area contributed by atoms with Gasteiger partial charge in [-0.05, 0) is 12.1 Å². The maximum Gasteiger partial charge on any atom is 0.201 e. The van der Waals surface area contributed by atoms with E-state index in [2.05, 4.69) is 16.5 Å². The number of rotatable bonds is 8. The Morgan fingerprint density at radius 1 is 1.26 bits per heavy atom. The Balaban J connectivity index is 1.93. The lowest BCUT2D eigenvalue weighted by Crippen LogP contribution is -2.37. The monoisotopic (exact) mass is 281 g/mol. The molecule has 0 saturated heterocycles. The molecule has 0 unspecified atom stereocenters. The van der Waals surface area contributed by atoms with Crippen molar-refractivity contribution in [2.24, 2.45) is 0 Å². The van der Waals surface area contributed by atoms with Gasteiger partial charge in [-0.2, -0.15) is 0 Å². The van der Waals surface area contributed by atoms with Crippen LogP contribution >= 0.6 is 11.3 Å². The van der Waals surface area contributed by atoms with Crippen LogP contribution in [0.4, 0.5) is 5.13 Å². The van der Waals surface area contributed by atoms with Crippen LogP contribution in [0.3, 0.4) is 0 Å². The molecule has 5 nitrogen and oxygen atoms in total. The Kier molecular flexibility index (Phi) is 5.53. The van der Waals surface area contributed by atoms with Crippen molar-refractivity contribution in [3.8, 4) is 0 Å². The van der Waals surface area contributed by atoms with Crippen LogP contribution in [0.5, 0.6) is 0 Å². The SMILES string of the molecule is CNN(CCOCCOC)c1nc2ccccc2s1. The van der Waals surface area contributed by atoms with Crippen molar-refractivity contribution in [3.63, 3.8) is 0 Å². The van der Waals surface area contributed by atoms with E-state index in [9.17, 15) is 0 Å². The molecule has 1 N–H and O–H groups in total. The number of thiazole rings is 1. The van der Waals surface area contributed by atoms with Gasteiger partial charge in [-0.3, -0.25) is 5.01 Å². The minimum Gasteiger partial charge on any atom is -0.382 e. The minimum absolute atomic E-state index is 0.619. The minimum atomic E-state index is 0.619. The number of nitrogens with one attached hydrogen (secondary N) is 1. The van der Waals surface area contributed by atoms with Gasteiger partial charge < -0.3 is 9.47 Å². The molecule has 104 valence electrons. The second kappa shape index (κ2) is 7.40. The zero-order valence-corrected chi connectivity index (χ0v) is 12.1. The van der Waals surface area contributed by atoms with Crippen LogP contribution < -0.4 is 10.4 Å². The maximum atomic E-state index is 5.47. The number of fused-ring (bicyclic) bond motifs is 1. The van der Waals surface area contributed by atoms with Crippen molar-refractivity contribution in [2.75, 3.05) is 45.5 Å². The molecule has 2 aromatic rings. The Hall–Kier alpha value is -1.21. The number of hydrazine groups is 1. The van der Waals surface area contributed by atoms with E-state index >= 15 is 0 Å². The zero-order valence-electron chi connectivity index (χ0n) is 11.3. The first-order valence-corrected chi connectivity index (χ1v) is 7.04. The van der Waals surface area contributed by atoms with Gasteiger partial charge in [0.05, 0.1) is 36.6 Å². The maximum absolute atomic E-state index is 5.47. The summed E-state index contributed by atoms with van der Waals surface area (Å²) < 4.78 is 11.6. The van der Waals surface area contributed by atoms with Gasteiger partial charge in [0.15, 0.2) is 0 Å². The third-order valence-electron chi connectivity index (χ3n) is 2.67. The van der Waals surface area contributed by atoms with Crippen LogP contribution in [0.25, 0.3) is 10.2 Å². The number of benzene rings is 1. The summed E-state index contributed by atoms with van der Waals surface area (Å²) in [7, 11) is 3.56. The van der Waals surface area contributed by atoms with Gasteiger partial charge in [0.25, 0.3) is 0 Å². The summed E-state index contributed by atoms with van der Waals surface area (Å²) in [6, 6.07) is 8.14. The standard InChI is InChI=1S/C13H19N3O2S/c1-14-16(7-8-18-10-9-17-2)13-15-11-5-3-4-6-12(11)19-13/h3-6,14H,7-10H2,1-2H3. The quantitative estimate of drug-likeness (QED) is 0.591. The molecule has 0 saturated carbocycles. The van der Waals surface area contributed by atoms with Crippen molar-refractivity contribution in [2.45, 2.75) is 0 Å². The molecule has 0 aliphatic carbocycles. The summed E-state index contributed by atoms with van der Waals surface area (Å²) in [5.41, 5.74) is 4.17. The number of anilines is 1. The largest absolute Gasteiger partial charge is 0.382 e. The number of ether oxygens (including phenoxy) is 2. The number of nitrogens with zero attached hydrogens (tertiary/aromatic N) is 2. The van der Waals surface area contributed by atoms with Crippen molar-refractivity contribution in [1.29, 1.82) is 0 Å². The average Bonchev–Trinajstić information content (AvgIpc) is 2.86. The van der Waals surface area contributed by atoms with Crippen LogP contribution in [0.15, 0.2) is 24.3 Å². The van der Waals surface area contributed by atoms with E-state index in [1.54, 1.807) is 18.4 Å². The van der Waals surface area contributed by atoms with Gasteiger partial charge in [0.1, 0.15) is 0 Å². The molecule has 0 atom stereocenters. The van der Waals surface area contributed by atoms with Gasteiger partial charge in [0.2, 0.25) is 5.13 Å². The molecule has 0 bridgehead atoms. The molecular weight excluding hydrogens is 262 g/mol. The van der Waals surface area contributed by atoms with E-state index in [4.69, 9.17) is 9.47 Å². The van der Waals surface area contributed by atoms with Gasteiger partial charge in [0, 0.05) is 14.2 Å². The second-order valence-corrected chi connectivity index (χ2v) is 4.95. The first-order chi connectivity index (χ1) is 9.35. The fourth-order valence-corrected chi connectivity index (χ4v) is 2.68. The molecule has 0 radical (unpaired) electrons. The fourth-order valence-electron chi connectivity index (χ4n) is 1.68. The first kappa shape index (κ1) is 14.2. The molecule has 1 aromatic carbocycles. The number of aromatic nitrogens is 1. The molecular formula is C13H19N3O2S. The molecule has 0 amide bonds. The predicted octanol–water partition coefficient (Wildman–Crippen LogP) is 1.90. The highest BCUT2D eigenvalue weighted by Gasteiger charge is 2.10. The van der Waals surface area contributed by atoms with Crippen LogP contribution in [-0.2, 0) is 9.47 Å². The second-order valence-electron chi connectivity index (χ2n) is 3.94. The van der Waals surface area contributed by atoms with E-state index in [1.165, 1.54) is 4.70 Å². The van der Waals surface area contributed by atoms with Crippen LogP contribution in [-0.4, -0.2) is 45.5 Å². The lowest BCUT2D eigenvalue weighted by molar-refractivity contribution is 0.0735. The number of hydrogen-bond donors (Lipinski definition) is 1. The van der Waals surface area contributed by atoms with Crippen LogP contribution in [0.2, 0.25) is 0 Å². The molecule has 0 spiro atoms. The van der Waals surface area contributed by atoms with Gasteiger partial charge >= 0.3 is 0 Å². The number of methoxy groups -OCH3 is 1. The topological polar surface area (TPSA) is 46.6 Å². The van der Waals surface area contributed by atoms with Gasteiger partial charge in [-0.15, -0.1) is 0 Å². The molecule has 2 rings (SSSR count). The summed E-state index contributed by atoms with van der Waals surface area (Å²) >= 11 is 1.67. The number of para-hydroxylation sites is 1. The molecule has 1 heterocycles. The van der Waals surface area contributed by atoms with Crippen molar-refractivity contribution in [1.82, 2.24) is 10.4 Å². The third-order valence-corrected chi connectivity index (χ3v) is 3.73. The highest BCUT2D eigenvalue weighted by Crippen LogP contribution is 2.27. The number of hydrogen-bond acceptors (Lipinski definition) is 6. The van der Waals surface area contributed by atoms with E-state index in [-0.39, 0.29) is 0 Å². The fraction of sp³-hybridized carbons (Fsp3) is 0.462. The van der Waals surface area contributed by atoms with E-state index in [1.807, 2.05) is 30.3 Å². The summed E-state index contributed by atoms with van der Waals surface area (Å²) in [6.45, 7) is 2.63. The zero-order chi connectivity index (χ0) is 13.5. The Labute approximate surface area is 117 Å². The summed E-state index contributed by atoms with van der Waals surface area (Å²) in [5.74, 6) is 0. The van der Waals surface area contributed by atoms with Crippen molar-refractivity contribution in [3.05, 3.63) is 24.3 Å². The van der Waals surface area contributed by atoms with E-state index < -0.39 is 0 Å². The first-order valence-electron chi connectivity index (χ1n) is 6.22. The summed E-state index contributed by atoms with van der Waals surface area (Å²) in [5, 5.41) is 2.95. The molecule has 19 heavy (non-hydrogen) atoms. The smallest absolute Gasteiger partial charge is 0.201 e. The Bertz CT molecular complexity index is 470. The Morgan fingerprint density at radius 2 is 2.11 bits per heavy atom. The van der Waals surface area contributed by atoms with Crippen molar-refractivity contribution < 1.29 is 9.47 Å². The van der Waals surface area contributed by atoms with Gasteiger partial charge in [-0.25, -0.2) is 10.4 Å². The van der Waals surface area contributed by atoms with Crippen LogP contribution in [0, 0.1) is 0 Å². The highest BCUT2D eigenvalue weighted by atomic mass is 32.1. The lowest BCUT2D eigenvalue weighted by atomic mass is 10.3. The average molecular weight is 281 g/mol. The van der Waals surface area contributed by atoms with Crippen molar-refractivity contribution >= 4 is 26.7 Å². The molecule has 0 aliphatic rings. The Morgan fingerprint density at radius 3 is 2.84 bits per heavy atom. The lowest BCUT2D eigenvalue weighted by Gasteiger charge is -2.19. The van der Waals surface area contributed by atoms with E-state index in [0.717, 1.165) is 17.2 Å². The summed E-state index contributed by atoms with van der Waals surface area (Å²) in [6.07, 6.45) is 0. The third kappa shape index (κ3) is 3.87. The van der Waals surface area contributed by atoms with Gasteiger partial charge in [-0.1, -0.05) is 23.5 Å². The van der Waals surface area contributed by atoms with Crippen LogP contribution in [0.1, 0.15) is 0 Å². The molecule has 6 heteroatoms.